The molecule has 0 aliphatic rings. The molecule has 0 spiro atoms. The molecule has 164 valence electrons. The van der Waals surface area contributed by atoms with Gasteiger partial charge in [0.15, 0.2) is 10.8 Å². The van der Waals surface area contributed by atoms with Gasteiger partial charge in [-0.15, -0.1) is 11.3 Å². The average molecular weight is 456 g/mol. The van der Waals surface area contributed by atoms with Gasteiger partial charge < -0.3 is 10.2 Å². The molecule has 13 heteroatoms. The van der Waals surface area contributed by atoms with Crippen LogP contribution in [0.2, 0.25) is 0 Å². The quantitative estimate of drug-likeness (QED) is 0.493. The predicted molar refractivity (Wildman–Crippen MR) is 104 cm³/mol. The van der Waals surface area contributed by atoms with Crippen molar-refractivity contribution in [3.05, 3.63) is 64.2 Å². The van der Waals surface area contributed by atoms with E-state index in [1.165, 1.54) is 25.2 Å². The minimum Gasteiger partial charge on any atom is -0.336 e. The first-order chi connectivity index (χ1) is 14.6. The number of aromatic nitrogens is 3. The number of nitrogens with zero attached hydrogens (tertiary/aromatic N) is 3. The van der Waals surface area contributed by atoms with E-state index in [1.807, 2.05) is 0 Å². The van der Waals surface area contributed by atoms with Crippen molar-refractivity contribution in [2.45, 2.75) is 19.3 Å². The second-order valence-electron chi connectivity index (χ2n) is 6.40. The summed E-state index contributed by atoms with van der Waals surface area (Å²) in [4.78, 5) is 29.5. The van der Waals surface area contributed by atoms with Crippen LogP contribution >= 0.6 is 11.3 Å². The number of carbonyl (C=O) groups is 2. The van der Waals surface area contributed by atoms with E-state index in [-0.39, 0.29) is 18.2 Å². The maximum Gasteiger partial charge on any atom is 0.433 e. The van der Waals surface area contributed by atoms with Crippen molar-refractivity contribution in [1.29, 1.82) is 0 Å². The molecule has 3 rings (SSSR count). The molecular weight excluding hydrogens is 440 g/mol. The molecule has 0 atom stereocenters. The first-order valence-electron chi connectivity index (χ1n) is 8.73. The van der Waals surface area contributed by atoms with Crippen LogP contribution in [0.1, 0.15) is 27.3 Å². The van der Waals surface area contributed by atoms with Gasteiger partial charge in [0.1, 0.15) is 5.82 Å². The van der Waals surface area contributed by atoms with Crippen LogP contribution < -0.4 is 10.6 Å². The summed E-state index contributed by atoms with van der Waals surface area (Å²) in [5.74, 6) is -1.29. The van der Waals surface area contributed by atoms with E-state index in [4.69, 9.17) is 0 Å². The SMILES string of the molecule is CN(Cc1csc(NC(=O)NCc2cccc(F)c2)n1)C(=O)c1cn[nH]c1C(F)(F)F. The number of nitrogens with one attached hydrogen (secondary N) is 3. The molecule has 0 aliphatic heterocycles. The predicted octanol–water partition coefficient (Wildman–Crippen LogP) is 3.62. The second kappa shape index (κ2) is 9.12. The molecule has 0 bridgehead atoms. The third kappa shape index (κ3) is 5.78. The van der Waals surface area contributed by atoms with Crippen LogP contribution in [-0.4, -0.2) is 39.1 Å². The second-order valence-corrected chi connectivity index (χ2v) is 7.26. The molecule has 0 fully saturated rings. The molecule has 0 radical (unpaired) electrons. The van der Waals surface area contributed by atoms with Gasteiger partial charge >= 0.3 is 12.2 Å². The van der Waals surface area contributed by atoms with Gasteiger partial charge in [0.25, 0.3) is 5.91 Å². The lowest BCUT2D eigenvalue weighted by Crippen LogP contribution is -2.29. The third-order valence-electron chi connectivity index (χ3n) is 4.01. The van der Waals surface area contributed by atoms with Crippen molar-refractivity contribution < 1.29 is 27.2 Å². The minimum atomic E-state index is -4.74. The van der Waals surface area contributed by atoms with Gasteiger partial charge in [0.05, 0.1) is 24.0 Å². The van der Waals surface area contributed by atoms with E-state index in [0.717, 1.165) is 22.4 Å². The molecule has 2 aromatic heterocycles. The summed E-state index contributed by atoms with van der Waals surface area (Å²) in [6.07, 6.45) is -3.92. The Balaban J connectivity index is 1.55. The molecule has 3 N–H and O–H groups in total. The minimum absolute atomic E-state index is 0.0790. The van der Waals surface area contributed by atoms with Crippen molar-refractivity contribution in [2.24, 2.45) is 0 Å². The van der Waals surface area contributed by atoms with E-state index in [2.05, 4.69) is 20.7 Å². The number of rotatable bonds is 6. The first-order valence-corrected chi connectivity index (χ1v) is 9.61. The summed E-state index contributed by atoms with van der Waals surface area (Å²) >= 11 is 1.08. The lowest BCUT2D eigenvalue weighted by molar-refractivity contribution is -0.141. The maximum absolute atomic E-state index is 13.1. The Bertz CT molecular complexity index is 1080. The third-order valence-corrected chi connectivity index (χ3v) is 4.82. The molecule has 3 aromatic rings. The Labute approximate surface area is 177 Å². The molecule has 3 amide bonds. The van der Waals surface area contributed by atoms with E-state index in [1.54, 1.807) is 16.5 Å². The monoisotopic (exact) mass is 456 g/mol. The number of aromatic amines is 1. The fourth-order valence-corrected chi connectivity index (χ4v) is 3.29. The summed E-state index contributed by atoms with van der Waals surface area (Å²) in [7, 11) is 1.33. The normalized spacial score (nSPS) is 11.3. The number of amides is 3. The van der Waals surface area contributed by atoms with Crippen molar-refractivity contribution in [3.8, 4) is 0 Å². The lowest BCUT2D eigenvalue weighted by Gasteiger charge is -2.16. The van der Waals surface area contributed by atoms with Crippen LogP contribution in [0.4, 0.5) is 27.5 Å². The molecule has 8 nitrogen and oxygen atoms in total. The Kier molecular flexibility index (Phi) is 6.53. The van der Waals surface area contributed by atoms with Crippen molar-refractivity contribution in [3.63, 3.8) is 0 Å². The molecule has 0 aliphatic carbocycles. The zero-order valence-corrected chi connectivity index (χ0v) is 16.8. The van der Waals surface area contributed by atoms with Crippen LogP contribution in [-0.2, 0) is 19.3 Å². The van der Waals surface area contributed by atoms with Crippen LogP contribution in [0.5, 0.6) is 0 Å². The number of anilines is 1. The van der Waals surface area contributed by atoms with E-state index in [0.29, 0.717) is 11.3 Å². The highest BCUT2D eigenvalue weighted by atomic mass is 32.1. The van der Waals surface area contributed by atoms with Crippen LogP contribution in [0.25, 0.3) is 0 Å². The number of hydrogen-bond acceptors (Lipinski definition) is 5. The Hall–Kier alpha value is -3.48. The van der Waals surface area contributed by atoms with E-state index >= 15 is 0 Å². The summed E-state index contributed by atoms with van der Waals surface area (Å²) in [6, 6.07) is 5.19. The Morgan fingerprint density at radius 3 is 2.77 bits per heavy atom. The van der Waals surface area contributed by atoms with Crippen molar-refractivity contribution in [2.75, 3.05) is 12.4 Å². The number of thiazole rings is 1. The van der Waals surface area contributed by atoms with Crippen LogP contribution in [0.15, 0.2) is 35.8 Å². The van der Waals surface area contributed by atoms with Crippen molar-refractivity contribution >= 4 is 28.4 Å². The number of urea groups is 1. The molecular formula is C18H16F4N6O2S. The number of carbonyl (C=O) groups excluding carboxylic acids is 2. The number of hydrogen-bond donors (Lipinski definition) is 3. The zero-order valence-electron chi connectivity index (χ0n) is 16.0. The number of benzene rings is 1. The summed E-state index contributed by atoms with van der Waals surface area (Å²) in [5.41, 5.74) is -0.869. The topological polar surface area (TPSA) is 103 Å². The smallest absolute Gasteiger partial charge is 0.336 e. The molecule has 0 saturated carbocycles. The standard InChI is InChI=1S/C18H16F4N6O2S/c1-28(15(29)13-7-24-27-14(13)18(20,21)22)8-12-9-31-17(25-12)26-16(30)23-6-10-3-2-4-11(19)5-10/h2-5,7,9H,6,8H2,1H3,(H,24,27)(H2,23,25,26,30). The number of H-pyrrole nitrogens is 1. The van der Waals surface area contributed by atoms with Gasteiger partial charge in [0, 0.05) is 19.0 Å². The van der Waals surface area contributed by atoms with Gasteiger partial charge in [-0.1, -0.05) is 12.1 Å². The van der Waals surface area contributed by atoms with Gasteiger partial charge in [-0.05, 0) is 17.7 Å². The molecule has 0 saturated heterocycles. The fourth-order valence-electron chi connectivity index (χ4n) is 2.59. The molecule has 31 heavy (non-hydrogen) atoms. The Morgan fingerprint density at radius 2 is 2.06 bits per heavy atom. The van der Waals surface area contributed by atoms with E-state index < -0.39 is 35.2 Å². The fraction of sp³-hybridized carbons (Fsp3) is 0.222. The highest BCUT2D eigenvalue weighted by Crippen LogP contribution is 2.30. The van der Waals surface area contributed by atoms with Crippen LogP contribution in [0.3, 0.4) is 0 Å². The molecule has 1 aromatic carbocycles. The number of alkyl halides is 3. The summed E-state index contributed by atoms with van der Waals surface area (Å²) < 4.78 is 51.9. The maximum atomic E-state index is 13.1. The van der Waals surface area contributed by atoms with Gasteiger partial charge in [-0.2, -0.15) is 18.3 Å². The van der Waals surface area contributed by atoms with Crippen LogP contribution in [0, 0.1) is 5.82 Å². The largest absolute Gasteiger partial charge is 0.433 e. The average Bonchev–Trinajstić information content (AvgIpc) is 3.35. The molecule has 0 unspecified atom stereocenters. The van der Waals surface area contributed by atoms with Gasteiger partial charge in [0.2, 0.25) is 0 Å². The summed E-state index contributed by atoms with van der Waals surface area (Å²) in [6.45, 7) is 0.0235. The summed E-state index contributed by atoms with van der Waals surface area (Å²) in [5, 5.41) is 11.9. The van der Waals surface area contributed by atoms with Crippen molar-refractivity contribution in [1.82, 2.24) is 25.4 Å². The van der Waals surface area contributed by atoms with Gasteiger partial charge in [-0.25, -0.2) is 14.2 Å². The Morgan fingerprint density at radius 1 is 1.29 bits per heavy atom. The number of halogens is 4. The highest BCUT2D eigenvalue weighted by molar-refractivity contribution is 7.13. The first kappa shape index (κ1) is 22.2. The zero-order chi connectivity index (χ0) is 22.6. The van der Waals surface area contributed by atoms with Gasteiger partial charge in [-0.3, -0.25) is 15.2 Å². The highest BCUT2D eigenvalue weighted by Gasteiger charge is 2.38. The lowest BCUT2D eigenvalue weighted by atomic mass is 10.2. The van der Waals surface area contributed by atoms with E-state index in [9.17, 15) is 27.2 Å². The molecule has 2 heterocycles.